The number of alkyl halides is 3. The van der Waals surface area contributed by atoms with Gasteiger partial charge in [0, 0.05) is 13.7 Å². The second-order valence-electron chi connectivity index (χ2n) is 4.31. The van der Waals surface area contributed by atoms with Gasteiger partial charge in [-0.2, -0.15) is 13.2 Å². The van der Waals surface area contributed by atoms with Crippen molar-refractivity contribution in [1.29, 1.82) is 0 Å². The molecular formula is C13H18ClF3N2O2. The molecule has 1 aromatic rings. The molecule has 1 rings (SSSR count). The van der Waals surface area contributed by atoms with Crippen LogP contribution < -0.4 is 11.1 Å². The lowest BCUT2D eigenvalue weighted by molar-refractivity contribution is -0.137. The fourth-order valence-electron chi connectivity index (χ4n) is 1.66. The summed E-state index contributed by atoms with van der Waals surface area (Å²) in [5.41, 5.74) is 5.20. The molecule has 8 heteroatoms. The molecular weight excluding hydrogens is 309 g/mol. The van der Waals surface area contributed by atoms with Crippen molar-refractivity contribution in [2.75, 3.05) is 13.7 Å². The molecule has 120 valence electrons. The summed E-state index contributed by atoms with van der Waals surface area (Å²) in [6.07, 6.45) is -5.14. The first-order valence-corrected chi connectivity index (χ1v) is 6.00. The summed E-state index contributed by atoms with van der Waals surface area (Å²) in [5.74, 6) is -0.401. The Morgan fingerprint density at radius 1 is 1.33 bits per heavy atom. The normalized spacial score (nSPS) is 14.0. The number of hydrogen-bond acceptors (Lipinski definition) is 3. The predicted octanol–water partition coefficient (Wildman–Crippen LogP) is 2.28. The van der Waals surface area contributed by atoms with Crippen LogP contribution in [0.1, 0.15) is 24.1 Å². The molecule has 0 aliphatic carbocycles. The molecule has 0 fully saturated rings. The van der Waals surface area contributed by atoms with E-state index < -0.39 is 29.8 Å². The molecule has 4 nitrogen and oxygen atoms in total. The molecule has 2 atom stereocenters. The number of rotatable bonds is 5. The Labute approximate surface area is 127 Å². The van der Waals surface area contributed by atoms with Crippen LogP contribution in [0.5, 0.6) is 0 Å². The molecule has 0 saturated heterocycles. The fourth-order valence-corrected chi connectivity index (χ4v) is 1.66. The highest BCUT2D eigenvalue weighted by Crippen LogP contribution is 2.29. The molecule has 0 aromatic heterocycles. The molecule has 21 heavy (non-hydrogen) atoms. The minimum Gasteiger partial charge on any atom is -0.370 e. The molecule has 1 aromatic carbocycles. The van der Waals surface area contributed by atoms with E-state index in [4.69, 9.17) is 10.5 Å². The molecule has 1 amide bonds. The van der Waals surface area contributed by atoms with Gasteiger partial charge in [-0.05, 0) is 24.6 Å². The topological polar surface area (TPSA) is 64.3 Å². The first kappa shape index (κ1) is 19.7. The van der Waals surface area contributed by atoms with Crippen LogP contribution >= 0.6 is 12.4 Å². The maximum Gasteiger partial charge on any atom is 0.416 e. The summed E-state index contributed by atoms with van der Waals surface area (Å²) in [4.78, 5) is 11.7. The number of methoxy groups -OCH3 is 1. The van der Waals surface area contributed by atoms with E-state index in [1.807, 2.05) is 0 Å². The zero-order valence-corrected chi connectivity index (χ0v) is 12.4. The summed E-state index contributed by atoms with van der Waals surface area (Å²) >= 11 is 0. The first-order chi connectivity index (χ1) is 9.29. The second kappa shape index (κ2) is 8.21. The van der Waals surface area contributed by atoms with E-state index >= 15 is 0 Å². The number of hydrogen-bond donors (Lipinski definition) is 2. The second-order valence-corrected chi connectivity index (χ2v) is 4.31. The van der Waals surface area contributed by atoms with Gasteiger partial charge in [-0.25, -0.2) is 0 Å². The average molecular weight is 327 g/mol. The van der Waals surface area contributed by atoms with E-state index in [2.05, 4.69) is 5.32 Å². The van der Waals surface area contributed by atoms with E-state index in [1.54, 1.807) is 6.92 Å². The summed E-state index contributed by atoms with van der Waals surface area (Å²) in [7, 11) is 1.36. The first-order valence-electron chi connectivity index (χ1n) is 6.00. The smallest absolute Gasteiger partial charge is 0.370 e. The van der Waals surface area contributed by atoms with Crippen LogP contribution in [0.3, 0.4) is 0 Å². The summed E-state index contributed by atoms with van der Waals surface area (Å²) in [6, 6.07) is 4.19. The van der Waals surface area contributed by atoms with E-state index in [9.17, 15) is 18.0 Å². The van der Waals surface area contributed by atoms with Crippen LogP contribution in [0.4, 0.5) is 13.2 Å². The number of ether oxygens (including phenoxy) is 1. The third-order valence-corrected chi connectivity index (χ3v) is 2.89. The van der Waals surface area contributed by atoms with Crippen LogP contribution in [0.2, 0.25) is 0 Å². The van der Waals surface area contributed by atoms with Crippen molar-refractivity contribution in [3.05, 3.63) is 35.4 Å². The average Bonchev–Trinajstić information content (AvgIpc) is 2.39. The number of halogens is 4. The van der Waals surface area contributed by atoms with E-state index in [0.29, 0.717) is 5.56 Å². The molecule has 3 N–H and O–H groups in total. The van der Waals surface area contributed by atoms with E-state index in [1.165, 1.54) is 19.2 Å². The largest absolute Gasteiger partial charge is 0.416 e. The Morgan fingerprint density at radius 3 is 2.24 bits per heavy atom. The maximum absolute atomic E-state index is 12.4. The van der Waals surface area contributed by atoms with Crippen molar-refractivity contribution >= 4 is 18.3 Å². The number of benzene rings is 1. The van der Waals surface area contributed by atoms with Crippen LogP contribution in [0.15, 0.2) is 24.3 Å². The minimum atomic E-state index is -4.37. The van der Waals surface area contributed by atoms with Gasteiger partial charge < -0.3 is 15.8 Å². The van der Waals surface area contributed by atoms with Gasteiger partial charge in [0.05, 0.1) is 11.6 Å². The van der Waals surface area contributed by atoms with Crippen molar-refractivity contribution in [2.45, 2.75) is 25.2 Å². The van der Waals surface area contributed by atoms with Gasteiger partial charge >= 0.3 is 6.18 Å². The Balaban J connectivity index is 0.00000400. The van der Waals surface area contributed by atoms with Gasteiger partial charge in [-0.15, -0.1) is 12.4 Å². The quantitative estimate of drug-likeness (QED) is 0.872. The van der Waals surface area contributed by atoms with Crippen LogP contribution in [-0.2, 0) is 15.7 Å². The SMILES string of the molecule is COC(CN)C(=O)NC(C)c1ccc(C(F)(F)F)cc1.Cl. The highest BCUT2D eigenvalue weighted by molar-refractivity contribution is 5.85. The maximum atomic E-state index is 12.4. The molecule has 0 heterocycles. The Kier molecular flexibility index (Phi) is 7.70. The molecule has 0 spiro atoms. The van der Waals surface area contributed by atoms with Crippen LogP contribution in [-0.4, -0.2) is 25.7 Å². The number of carbonyl (C=O) groups excluding carboxylic acids is 1. The lowest BCUT2D eigenvalue weighted by Crippen LogP contribution is -2.41. The molecule has 0 saturated carbocycles. The summed E-state index contributed by atoms with van der Waals surface area (Å²) < 4.78 is 42.2. The third-order valence-electron chi connectivity index (χ3n) is 2.89. The number of nitrogens with one attached hydrogen (secondary N) is 1. The molecule has 0 radical (unpaired) electrons. The van der Waals surface area contributed by atoms with Crippen LogP contribution in [0.25, 0.3) is 0 Å². The third kappa shape index (κ3) is 5.53. The zero-order chi connectivity index (χ0) is 15.3. The summed E-state index contributed by atoms with van der Waals surface area (Å²) in [6.45, 7) is 1.70. The van der Waals surface area contributed by atoms with Gasteiger partial charge in [-0.3, -0.25) is 4.79 Å². The molecule has 0 aliphatic heterocycles. The molecule has 0 aliphatic rings. The van der Waals surface area contributed by atoms with Gasteiger partial charge in [-0.1, -0.05) is 12.1 Å². The Hall–Kier alpha value is -1.31. The lowest BCUT2D eigenvalue weighted by atomic mass is 10.1. The van der Waals surface area contributed by atoms with Gasteiger partial charge in [0.2, 0.25) is 0 Å². The Morgan fingerprint density at radius 2 is 1.86 bits per heavy atom. The highest BCUT2D eigenvalue weighted by Gasteiger charge is 2.30. The van der Waals surface area contributed by atoms with Gasteiger partial charge in [0.15, 0.2) is 0 Å². The van der Waals surface area contributed by atoms with E-state index in [0.717, 1.165) is 12.1 Å². The monoisotopic (exact) mass is 326 g/mol. The van der Waals surface area contributed by atoms with Crippen molar-refractivity contribution in [1.82, 2.24) is 5.32 Å². The summed E-state index contributed by atoms with van der Waals surface area (Å²) in [5, 5.41) is 2.63. The lowest BCUT2D eigenvalue weighted by Gasteiger charge is -2.19. The van der Waals surface area contributed by atoms with Gasteiger partial charge in [0.1, 0.15) is 6.10 Å². The number of carbonyl (C=O) groups is 1. The van der Waals surface area contributed by atoms with Crippen LogP contribution in [0, 0.1) is 0 Å². The molecule has 0 bridgehead atoms. The number of nitrogens with two attached hydrogens (primary N) is 1. The van der Waals surface area contributed by atoms with Crippen molar-refractivity contribution < 1.29 is 22.7 Å². The van der Waals surface area contributed by atoms with Gasteiger partial charge in [0.25, 0.3) is 5.91 Å². The fraction of sp³-hybridized carbons (Fsp3) is 0.462. The number of amides is 1. The Bertz CT molecular complexity index is 448. The van der Waals surface area contributed by atoms with Crippen molar-refractivity contribution in [3.63, 3.8) is 0 Å². The van der Waals surface area contributed by atoms with E-state index in [-0.39, 0.29) is 19.0 Å². The van der Waals surface area contributed by atoms with Crippen molar-refractivity contribution in [2.24, 2.45) is 5.73 Å². The predicted molar refractivity (Wildman–Crippen MR) is 75.1 cm³/mol. The minimum absolute atomic E-state index is 0. The standard InChI is InChI=1S/C13H17F3N2O2.ClH/c1-8(18-12(19)11(7-17)20-2)9-3-5-10(6-4-9)13(14,15)16;/h3-6,8,11H,7,17H2,1-2H3,(H,18,19);1H. The zero-order valence-electron chi connectivity index (χ0n) is 11.6. The molecule has 2 unspecified atom stereocenters. The highest BCUT2D eigenvalue weighted by atomic mass is 35.5. The van der Waals surface area contributed by atoms with Crippen molar-refractivity contribution in [3.8, 4) is 0 Å².